The Morgan fingerprint density at radius 1 is 0.290 bits per heavy atom. The maximum absolute atomic E-state index is 7.18. The molecule has 0 atom stereocenters. The molecule has 0 saturated heterocycles. The predicted octanol–water partition coefficient (Wildman–Crippen LogP) is 12.6. The standard InChI is InChI=1S/C26H24P2.2C16H9.2Ag/c1-5-13-23(14-6-1)27(24-15-7-2-8-16-24)21-22-28(25-17-9-3-10-18-25)26-19-11-4-12-20-26;2*1-2-12-7-8-14-10-9-13-5-3-4-6-15(13)16(14)11-12;;/h1-20H,21-22H2;2*3-11H;;/q;2*-1;2*+1/p+2. The van der Waals surface area contributed by atoms with Crippen LogP contribution in [0.25, 0.3) is 43.1 Å². The fourth-order valence-electron chi connectivity index (χ4n) is 7.88. The molecule has 0 nitrogen and oxygen atoms in total. The molecule has 0 aliphatic rings. The van der Waals surface area contributed by atoms with Crippen LogP contribution in [-0.2, 0) is 44.8 Å². The molecule has 0 amide bonds. The molecule has 306 valence electrons. The van der Waals surface area contributed by atoms with E-state index in [1.54, 1.807) is 0 Å². The minimum atomic E-state index is -0.783. The third-order valence-corrected chi connectivity index (χ3v) is 17.0. The van der Waals surface area contributed by atoms with E-state index in [0.29, 0.717) is 0 Å². The van der Waals surface area contributed by atoms with E-state index in [9.17, 15) is 0 Å². The summed E-state index contributed by atoms with van der Waals surface area (Å²) in [6.45, 7) is 0. The average Bonchev–Trinajstić information content (AvgIpc) is 3.34. The van der Waals surface area contributed by atoms with Gasteiger partial charge in [0.25, 0.3) is 0 Å². The molecule has 4 heteroatoms. The van der Waals surface area contributed by atoms with Crippen molar-refractivity contribution in [1.29, 1.82) is 0 Å². The first-order valence-electron chi connectivity index (χ1n) is 20.3. The predicted molar refractivity (Wildman–Crippen MR) is 266 cm³/mol. The second-order valence-corrected chi connectivity index (χ2v) is 19.8. The Hall–Kier alpha value is -5.30. The molecular formula is C58H44Ag2P2+2. The fourth-order valence-corrected chi connectivity index (χ4v) is 14.1. The molecule has 0 aromatic heterocycles. The Bertz CT molecular complexity index is 2780. The van der Waals surface area contributed by atoms with Gasteiger partial charge in [0.15, 0.2) is 0 Å². The van der Waals surface area contributed by atoms with Crippen LogP contribution in [0, 0.1) is 24.7 Å². The third-order valence-electron chi connectivity index (χ3n) is 10.9. The quantitative estimate of drug-likeness (QED) is 0.0491. The Labute approximate surface area is 400 Å². The van der Waals surface area contributed by atoms with E-state index < -0.39 is 15.8 Å². The van der Waals surface area contributed by atoms with Gasteiger partial charge in [-0.25, -0.2) is 0 Å². The Morgan fingerprint density at radius 3 is 0.855 bits per heavy atom. The zero-order chi connectivity index (χ0) is 40.9. The number of rotatable bonds is 7. The molecule has 0 fully saturated rings. The van der Waals surface area contributed by atoms with Crippen LogP contribution in [0.5, 0.6) is 0 Å². The van der Waals surface area contributed by atoms with Crippen LogP contribution < -0.4 is 21.2 Å². The van der Waals surface area contributed by atoms with Crippen LogP contribution in [0.2, 0.25) is 0 Å². The molecule has 0 unspecified atom stereocenters. The number of hydrogen-bond donors (Lipinski definition) is 0. The summed E-state index contributed by atoms with van der Waals surface area (Å²) in [4.78, 5) is 0. The van der Waals surface area contributed by atoms with Gasteiger partial charge in [-0.05, 0) is 91.6 Å². The summed E-state index contributed by atoms with van der Waals surface area (Å²) in [6, 6.07) is 81.6. The van der Waals surface area contributed by atoms with Crippen molar-refractivity contribution in [3.05, 3.63) is 254 Å². The monoisotopic (exact) mass is 1020 g/mol. The minimum Gasteiger partial charge on any atom is -0.366 e. The largest absolute Gasteiger partial charge is 1.00 e. The van der Waals surface area contributed by atoms with E-state index in [4.69, 9.17) is 12.8 Å². The van der Waals surface area contributed by atoms with Crippen LogP contribution in [0.3, 0.4) is 0 Å². The molecule has 0 aliphatic heterocycles. The van der Waals surface area contributed by atoms with Crippen molar-refractivity contribution in [3.63, 3.8) is 0 Å². The summed E-state index contributed by atoms with van der Waals surface area (Å²) in [6.07, 6.45) is 16.9. The summed E-state index contributed by atoms with van der Waals surface area (Å²) in [5.74, 6) is 4.87. The molecule has 10 aromatic carbocycles. The zero-order valence-corrected chi connectivity index (χ0v) is 38.9. The van der Waals surface area contributed by atoms with Gasteiger partial charge >= 0.3 is 44.8 Å². The van der Waals surface area contributed by atoms with Crippen molar-refractivity contribution in [3.8, 4) is 11.8 Å². The van der Waals surface area contributed by atoms with E-state index in [2.05, 4.69) is 182 Å². The molecule has 0 saturated carbocycles. The second kappa shape index (κ2) is 23.2. The maximum atomic E-state index is 7.18. The van der Waals surface area contributed by atoms with Gasteiger partial charge in [-0.15, -0.1) is 35.4 Å². The molecule has 0 N–H and O–H groups in total. The van der Waals surface area contributed by atoms with Gasteiger partial charge < -0.3 is 12.8 Å². The van der Waals surface area contributed by atoms with Gasteiger partial charge in [0.05, 0.1) is 37.1 Å². The van der Waals surface area contributed by atoms with Crippen molar-refractivity contribution in [2.45, 2.75) is 0 Å². The normalized spacial score (nSPS) is 10.4. The smallest absolute Gasteiger partial charge is 0.366 e. The summed E-state index contributed by atoms with van der Waals surface area (Å²) < 4.78 is 0. The van der Waals surface area contributed by atoms with Gasteiger partial charge in [-0.3, -0.25) is 11.8 Å². The first-order valence-corrected chi connectivity index (χ1v) is 23.7. The van der Waals surface area contributed by atoms with E-state index >= 15 is 0 Å². The SMILES string of the molecule is [Ag+].[Ag+].[C-]#Cc1ccc2ccc3ccccc3c2c1.[C-]#Cc1ccc2ccc3ccccc3c2c1.c1ccc([PH+](CC[PH+](c2ccccc2)c2ccccc2)c2ccccc2)cc1. The fraction of sp³-hybridized carbons (Fsp3) is 0.0345. The molecule has 0 aliphatic carbocycles. The van der Waals surface area contributed by atoms with Gasteiger partial charge in [0.2, 0.25) is 0 Å². The third kappa shape index (κ3) is 11.4. The summed E-state index contributed by atoms with van der Waals surface area (Å²) >= 11 is 0. The van der Waals surface area contributed by atoms with Crippen molar-refractivity contribution >= 4 is 80.2 Å². The van der Waals surface area contributed by atoms with Crippen molar-refractivity contribution in [2.24, 2.45) is 0 Å². The van der Waals surface area contributed by atoms with Crippen LogP contribution in [-0.4, -0.2) is 12.3 Å². The second-order valence-electron chi connectivity index (χ2n) is 14.6. The molecule has 10 rings (SSSR count). The zero-order valence-electron chi connectivity index (χ0n) is 34.0. The van der Waals surface area contributed by atoms with E-state index in [0.717, 1.165) is 11.1 Å². The number of hydrogen-bond acceptors (Lipinski definition) is 0. The van der Waals surface area contributed by atoms with Crippen molar-refractivity contribution in [1.82, 2.24) is 0 Å². The van der Waals surface area contributed by atoms with E-state index in [1.807, 2.05) is 60.7 Å². The van der Waals surface area contributed by atoms with Gasteiger partial charge in [-0.2, -0.15) is 0 Å². The molecule has 0 heterocycles. The molecule has 10 aromatic rings. The Balaban J connectivity index is 0.000000162. The van der Waals surface area contributed by atoms with Crippen molar-refractivity contribution in [2.75, 3.05) is 12.3 Å². The minimum absolute atomic E-state index is 0. The first kappa shape index (κ1) is 46.2. The molecule has 0 spiro atoms. The molecule has 62 heavy (non-hydrogen) atoms. The topological polar surface area (TPSA) is 0 Å². The van der Waals surface area contributed by atoms with Crippen LogP contribution in [0.15, 0.2) is 231 Å². The van der Waals surface area contributed by atoms with Crippen LogP contribution >= 0.6 is 15.8 Å². The molecule has 0 radical (unpaired) electrons. The van der Waals surface area contributed by atoms with Gasteiger partial charge in [-0.1, -0.05) is 158 Å². The van der Waals surface area contributed by atoms with Crippen LogP contribution in [0.1, 0.15) is 11.1 Å². The van der Waals surface area contributed by atoms with Gasteiger partial charge in [0, 0.05) is 0 Å². The maximum Gasteiger partial charge on any atom is 1.00 e. The number of fused-ring (bicyclic) bond motifs is 6. The van der Waals surface area contributed by atoms with Crippen molar-refractivity contribution < 1.29 is 44.8 Å². The first-order chi connectivity index (χ1) is 29.7. The van der Waals surface area contributed by atoms with Crippen LogP contribution in [0.4, 0.5) is 0 Å². The molecule has 0 bridgehead atoms. The Kier molecular flexibility index (Phi) is 17.3. The summed E-state index contributed by atoms with van der Waals surface area (Å²) in [5, 5.41) is 15.8. The Morgan fingerprint density at radius 2 is 0.548 bits per heavy atom. The summed E-state index contributed by atoms with van der Waals surface area (Å²) in [5.41, 5.74) is 1.65. The van der Waals surface area contributed by atoms with E-state index in [1.165, 1.54) is 76.6 Å². The molecular weight excluding hydrogens is 974 g/mol. The number of benzene rings is 10. The van der Waals surface area contributed by atoms with E-state index in [-0.39, 0.29) is 44.8 Å². The average molecular weight is 1020 g/mol. The van der Waals surface area contributed by atoms with Gasteiger partial charge in [0.1, 0.15) is 12.3 Å². The summed E-state index contributed by atoms with van der Waals surface area (Å²) in [7, 11) is -1.57.